The fourth-order valence-electron chi connectivity index (χ4n) is 3.47. The summed E-state index contributed by atoms with van der Waals surface area (Å²) >= 11 is 0. The predicted octanol–water partition coefficient (Wildman–Crippen LogP) is 6.70. The molecule has 0 aromatic carbocycles. The van der Waals surface area contributed by atoms with Crippen LogP contribution in [0.15, 0.2) is 0 Å². The summed E-state index contributed by atoms with van der Waals surface area (Å²) in [6.45, 7) is 3.12. The molecule has 0 radical (unpaired) electrons. The molecular formula is C22H48N2. The van der Waals surface area contributed by atoms with E-state index >= 15 is 0 Å². The van der Waals surface area contributed by atoms with Gasteiger partial charge in [-0.1, -0.05) is 110 Å². The predicted molar refractivity (Wildman–Crippen MR) is 110 cm³/mol. The molecule has 1 unspecified atom stereocenters. The minimum atomic E-state index is 0.431. The van der Waals surface area contributed by atoms with Crippen LogP contribution in [0.4, 0.5) is 0 Å². The van der Waals surface area contributed by atoms with E-state index in [0.29, 0.717) is 6.04 Å². The zero-order chi connectivity index (χ0) is 17.7. The summed E-state index contributed by atoms with van der Waals surface area (Å²) in [4.78, 5) is 0. The van der Waals surface area contributed by atoms with E-state index in [-0.39, 0.29) is 0 Å². The monoisotopic (exact) mass is 340 g/mol. The standard InChI is InChI=1S/C22H48N2/c1-2-3-4-5-6-7-8-9-10-11-12-13-14-16-19-22(24)20-17-15-18-21-23/h22H,2-21,23-24H2,1H3. The van der Waals surface area contributed by atoms with Crippen LogP contribution in [0, 0.1) is 0 Å². The van der Waals surface area contributed by atoms with Crippen molar-refractivity contribution in [1.82, 2.24) is 0 Å². The minimum absolute atomic E-state index is 0.431. The largest absolute Gasteiger partial charge is 0.330 e. The molecule has 2 nitrogen and oxygen atoms in total. The van der Waals surface area contributed by atoms with E-state index in [1.165, 1.54) is 116 Å². The molecule has 0 spiro atoms. The van der Waals surface area contributed by atoms with Crippen molar-refractivity contribution in [3.8, 4) is 0 Å². The number of rotatable bonds is 20. The van der Waals surface area contributed by atoms with Crippen LogP contribution in [0.25, 0.3) is 0 Å². The average molecular weight is 341 g/mol. The molecular weight excluding hydrogens is 292 g/mol. The summed E-state index contributed by atoms with van der Waals surface area (Å²) < 4.78 is 0. The Morgan fingerprint density at radius 1 is 0.500 bits per heavy atom. The molecule has 0 aliphatic rings. The Morgan fingerprint density at radius 2 is 0.833 bits per heavy atom. The summed E-state index contributed by atoms with van der Waals surface area (Å²) in [7, 11) is 0. The van der Waals surface area contributed by atoms with Gasteiger partial charge in [-0.2, -0.15) is 0 Å². The number of hydrogen-bond donors (Lipinski definition) is 2. The van der Waals surface area contributed by atoms with Gasteiger partial charge in [0.25, 0.3) is 0 Å². The first-order valence-corrected chi connectivity index (χ1v) is 11.3. The molecule has 0 aromatic heterocycles. The first-order valence-electron chi connectivity index (χ1n) is 11.3. The van der Waals surface area contributed by atoms with Gasteiger partial charge in [0.1, 0.15) is 0 Å². The van der Waals surface area contributed by atoms with E-state index in [2.05, 4.69) is 6.92 Å². The maximum absolute atomic E-state index is 6.17. The van der Waals surface area contributed by atoms with Crippen molar-refractivity contribution in [2.24, 2.45) is 11.5 Å². The number of unbranched alkanes of at least 4 members (excludes halogenated alkanes) is 15. The molecule has 0 aliphatic carbocycles. The Labute approximate surface area is 153 Å². The second-order valence-electron chi connectivity index (χ2n) is 7.78. The Bertz CT molecular complexity index is 218. The first kappa shape index (κ1) is 23.9. The molecule has 0 fully saturated rings. The summed E-state index contributed by atoms with van der Waals surface area (Å²) in [5.74, 6) is 0. The molecule has 1 atom stereocenters. The topological polar surface area (TPSA) is 52.0 Å². The van der Waals surface area contributed by atoms with Gasteiger partial charge in [0.15, 0.2) is 0 Å². The van der Waals surface area contributed by atoms with Crippen LogP contribution in [-0.2, 0) is 0 Å². The second-order valence-corrected chi connectivity index (χ2v) is 7.78. The molecule has 0 saturated carbocycles. The first-order chi connectivity index (χ1) is 11.8. The smallest absolute Gasteiger partial charge is 0.00388 e. The van der Waals surface area contributed by atoms with E-state index in [9.17, 15) is 0 Å². The summed E-state index contributed by atoms with van der Waals surface area (Å²) in [6.07, 6.45) is 26.1. The van der Waals surface area contributed by atoms with Crippen LogP contribution in [0.1, 0.15) is 129 Å². The van der Waals surface area contributed by atoms with E-state index in [0.717, 1.165) is 13.0 Å². The SMILES string of the molecule is CCCCCCCCCCCCCCCCC(N)CCCCCN. The van der Waals surface area contributed by atoms with Gasteiger partial charge in [0.2, 0.25) is 0 Å². The maximum Gasteiger partial charge on any atom is 0.00388 e. The van der Waals surface area contributed by atoms with Crippen molar-refractivity contribution in [2.75, 3.05) is 6.54 Å². The Morgan fingerprint density at radius 3 is 1.21 bits per heavy atom. The Balaban J connectivity index is 3.06. The molecule has 4 N–H and O–H groups in total. The van der Waals surface area contributed by atoms with E-state index in [1.54, 1.807) is 0 Å². The molecule has 0 aliphatic heterocycles. The van der Waals surface area contributed by atoms with Gasteiger partial charge in [-0.25, -0.2) is 0 Å². The van der Waals surface area contributed by atoms with Crippen LogP contribution in [-0.4, -0.2) is 12.6 Å². The maximum atomic E-state index is 6.17. The molecule has 0 heterocycles. The van der Waals surface area contributed by atoms with Gasteiger partial charge >= 0.3 is 0 Å². The quantitative estimate of drug-likeness (QED) is 0.242. The van der Waals surface area contributed by atoms with Crippen molar-refractivity contribution in [2.45, 2.75) is 135 Å². The van der Waals surface area contributed by atoms with Gasteiger partial charge in [-0.3, -0.25) is 0 Å². The molecule has 0 aromatic rings. The van der Waals surface area contributed by atoms with Gasteiger partial charge in [-0.15, -0.1) is 0 Å². The Kier molecular flexibility index (Phi) is 20.9. The highest BCUT2D eigenvalue weighted by Crippen LogP contribution is 2.14. The molecule has 0 amide bonds. The lowest BCUT2D eigenvalue weighted by Crippen LogP contribution is -2.19. The van der Waals surface area contributed by atoms with Crippen molar-refractivity contribution < 1.29 is 0 Å². The summed E-state index contributed by atoms with van der Waals surface area (Å²) in [6, 6.07) is 0.431. The molecule has 2 heteroatoms. The molecule has 0 bridgehead atoms. The lowest BCUT2D eigenvalue weighted by molar-refractivity contribution is 0.485. The van der Waals surface area contributed by atoms with Crippen LogP contribution >= 0.6 is 0 Å². The molecule has 24 heavy (non-hydrogen) atoms. The fraction of sp³-hybridized carbons (Fsp3) is 1.00. The lowest BCUT2D eigenvalue weighted by Gasteiger charge is -2.11. The normalized spacial score (nSPS) is 12.6. The van der Waals surface area contributed by atoms with Crippen molar-refractivity contribution in [1.29, 1.82) is 0 Å². The van der Waals surface area contributed by atoms with Gasteiger partial charge < -0.3 is 11.5 Å². The van der Waals surface area contributed by atoms with Gasteiger partial charge in [0.05, 0.1) is 0 Å². The lowest BCUT2D eigenvalue weighted by atomic mass is 10.0. The van der Waals surface area contributed by atoms with E-state index in [1.807, 2.05) is 0 Å². The minimum Gasteiger partial charge on any atom is -0.330 e. The fourth-order valence-corrected chi connectivity index (χ4v) is 3.47. The Hall–Kier alpha value is -0.0800. The van der Waals surface area contributed by atoms with Crippen LogP contribution in [0.5, 0.6) is 0 Å². The highest BCUT2D eigenvalue weighted by Gasteiger charge is 2.02. The molecule has 0 rings (SSSR count). The molecule has 0 saturated heterocycles. The van der Waals surface area contributed by atoms with Crippen LogP contribution in [0.2, 0.25) is 0 Å². The van der Waals surface area contributed by atoms with Crippen molar-refractivity contribution in [3.63, 3.8) is 0 Å². The van der Waals surface area contributed by atoms with Gasteiger partial charge in [0, 0.05) is 6.04 Å². The summed E-state index contributed by atoms with van der Waals surface area (Å²) in [5.41, 5.74) is 11.7. The third kappa shape index (κ3) is 20.0. The number of hydrogen-bond acceptors (Lipinski definition) is 2. The molecule has 146 valence electrons. The average Bonchev–Trinajstić information content (AvgIpc) is 2.59. The zero-order valence-electron chi connectivity index (χ0n) is 16.9. The summed E-state index contributed by atoms with van der Waals surface area (Å²) in [5, 5.41) is 0. The highest BCUT2D eigenvalue weighted by atomic mass is 14.6. The van der Waals surface area contributed by atoms with E-state index < -0.39 is 0 Å². The zero-order valence-corrected chi connectivity index (χ0v) is 16.9. The number of nitrogens with two attached hydrogens (primary N) is 2. The van der Waals surface area contributed by atoms with Crippen molar-refractivity contribution >= 4 is 0 Å². The third-order valence-corrected chi connectivity index (χ3v) is 5.21. The van der Waals surface area contributed by atoms with Crippen LogP contribution < -0.4 is 11.5 Å². The van der Waals surface area contributed by atoms with Crippen LogP contribution in [0.3, 0.4) is 0 Å². The second kappa shape index (κ2) is 21.0. The van der Waals surface area contributed by atoms with Gasteiger partial charge in [-0.05, 0) is 25.8 Å². The van der Waals surface area contributed by atoms with E-state index in [4.69, 9.17) is 11.5 Å². The highest BCUT2D eigenvalue weighted by molar-refractivity contribution is 4.62. The van der Waals surface area contributed by atoms with Crippen molar-refractivity contribution in [3.05, 3.63) is 0 Å². The third-order valence-electron chi connectivity index (χ3n) is 5.21.